The summed E-state index contributed by atoms with van der Waals surface area (Å²) in [6.45, 7) is 7.35. The van der Waals surface area contributed by atoms with E-state index in [0.717, 1.165) is 34.9 Å². The number of H-pyrrole nitrogens is 1. The van der Waals surface area contributed by atoms with Gasteiger partial charge in [0.1, 0.15) is 0 Å². The van der Waals surface area contributed by atoms with Crippen LogP contribution in [0.25, 0.3) is 10.9 Å². The number of likely N-dealkylation sites (tertiary alicyclic amines) is 1. The molecule has 170 valence electrons. The van der Waals surface area contributed by atoms with Gasteiger partial charge in [-0.2, -0.15) is 5.10 Å². The number of aliphatic hydroxyl groups excluding tert-OH is 1. The van der Waals surface area contributed by atoms with Gasteiger partial charge in [0.05, 0.1) is 17.8 Å². The van der Waals surface area contributed by atoms with Crippen molar-refractivity contribution >= 4 is 45.8 Å². The Bertz CT molecular complexity index is 1120. The van der Waals surface area contributed by atoms with Gasteiger partial charge >= 0.3 is 6.03 Å². The number of nitrogens with one attached hydrogen (secondary N) is 2. The van der Waals surface area contributed by atoms with E-state index >= 15 is 0 Å². The van der Waals surface area contributed by atoms with Crippen LogP contribution in [0, 0.1) is 18.3 Å². The number of rotatable bonds is 4. The van der Waals surface area contributed by atoms with Gasteiger partial charge in [-0.1, -0.05) is 37.0 Å². The fourth-order valence-corrected chi connectivity index (χ4v) is 5.25. The summed E-state index contributed by atoms with van der Waals surface area (Å²) in [6, 6.07) is 9.02. The lowest BCUT2D eigenvalue weighted by Crippen LogP contribution is -2.45. The Balaban J connectivity index is 1.43. The average molecular weight is 475 g/mol. The molecule has 1 aliphatic rings. The van der Waals surface area contributed by atoms with Gasteiger partial charge in [-0.15, -0.1) is 0 Å². The fourth-order valence-electron chi connectivity index (χ4n) is 4.72. The number of anilines is 1. The standard InChI is InChI=1S/C24H28Cl2N4O2/c1-14-8-17(25)11-19(9-14)28-23(32)30-6-4-16(5-7-30)24(2,3)22(31)20-12-18(26)10-15-13-27-29-21(15)20/h8-13,16,22,31H,4-7H2,1-3H3,(H,27,29)(H,28,32). The van der Waals surface area contributed by atoms with Crippen LogP contribution in [0.15, 0.2) is 36.5 Å². The number of carbonyl (C=O) groups is 1. The Morgan fingerprint density at radius 3 is 2.56 bits per heavy atom. The van der Waals surface area contributed by atoms with E-state index in [-0.39, 0.29) is 11.9 Å². The highest BCUT2D eigenvalue weighted by Gasteiger charge is 2.40. The van der Waals surface area contributed by atoms with Gasteiger partial charge in [-0.3, -0.25) is 5.10 Å². The molecule has 1 saturated heterocycles. The molecular weight excluding hydrogens is 447 g/mol. The lowest BCUT2D eigenvalue weighted by atomic mass is 9.68. The third-order valence-electron chi connectivity index (χ3n) is 6.67. The summed E-state index contributed by atoms with van der Waals surface area (Å²) in [6.07, 6.45) is 2.60. The molecule has 0 saturated carbocycles. The van der Waals surface area contributed by atoms with Crippen molar-refractivity contribution in [3.63, 3.8) is 0 Å². The SMILES string of the molecule is Cc1cc(Cl)cc(NC(=O)N2CCC(C(C)(C)C(O)c3cc(Cl)cc4cn[nH]c34)CC2)c1. The third-order valence-corrected chi connectivity index (χ3v) is 7.11. The topological polar surface area (TPSA) is 81.2 Å². The number of urea groups is 1. The van der Waals surface area contributed by atoms with Gasteiger partial charge in [0.25, 0.3) is 0 Å². The normalized spacial score (nSPS) is 16.4. The van der Waals surface area contributed by atoms with Crippen molar-refractivity contribution in [3.8, 4) is 0 Å². The number of hydrogen-bond donors (Lipinski definition) is 3. The number of amides is 2. The molecule has 3 N–H and O–H groups in total. The molecule has 32 heavy (non-hydrogen) atoms. The van der Waals surface area contributed by atoms with Crippen molar-refractivity contribution < 1.29 is 9.90 Å². The molecule has 2 aromatic carbocycles. The maximum Gasteiger partial charge on any atom is 0.321 e. The highest BCUT2D eigenvalue weighted by Crippen LogP contribution is 2.46. The maximum absolute atomic E-state index is 12.8. The number of carbonyl (C=O) groups excluding carboxylic acids is 1. The Morgan fingerprint density at radius 2 is 1.88 bits per heavy atom. The number of aromatic amines is 1. The molecule has 1 fully saturated rings. The van der Waals surface area contributed by atoms with Gasteiger partial charge < -0.3 is 15.3 Å². The Morgan fingerprint density at radius 1 is 1.19 bits per heavy atom. The van der Waals surface area contributed by atoms with Crippen LogP contribution in [0.5, 0.6) is 0 Å². The predicted molar refractivity (Wildman–Crippen MR) is 129 cm³/mol. The smallest absolute Gasteiger partial charge is 0.321 e. The molecule has 2 heterocycles. The quantitative estimate of drug-likeness (QED) is 0.421. The molecule has 0 spiro atoms. The van der Waals surface area contributed by atoms with Crippen LogP contribution in [0.3, 0.4) is 0 Å². The fraction of sp³-hybridized carbons (Fsp3) is 0.417. The van der Waals surface area contributed by atoms with E-state index in [4.69, 9.17) is 23.2 Å². The number of hydrogen-bond acceptors (Lipinski definition) is 3. The lowest BCUT2D eigenvalue weighted by molar-refractivity contribution is -0.0138. The molecule has 4 rings (SSSR count). The van der Waals surface area contributed by atoms with Crippen molar-refractivity contribution in [2.45, 2.75) is 39.7 Å². The third kappa shape index (κ3) is 4.58. The number of fused-ring (bicyclic) bond motifs is 1. The number of benzene rings is 2. The van der Waals surface area contributed by atoms with E-state index in [2.05, 4.69) is 29.4 Å². The summed E-state index contributed by atoms with van der Waals surface area (Å²) in [5.41, 5.74) is 2.85. The number of aliphatic hydroxyl groups is 1. The van der Waals surface area contributed by atoms with Crippen LogP contribution in [0.4, 0.5) is 10.5 Å². The number of aryl methyl sites for hydroxylation is 1. The first-order chi connectivity index (χ1) is 15.1. The van der Waals surface area contributed by atoms with Gasteiger partial charge in [-0.25, -0.2) is 4.79 Å². The highest BCUT2D eigenvalue weighted by molar-refractivity contribution is 6.31. The minimum atomic E-state index is -0.719. The number of nitrogens with zero attached hydrogens (tertiary/aromatic N) is 2. The van der Waals surface area contributed by atoms with Gasteiger partial charge in [0, 0.05) is 39.8 Å². The molecule has 8 heteroatoms. The molecule has 1 aromatic heterocycles. The molecule has 2 amide bonds. The Kier molecular flexibility index (Phi) is 6.39. The van der Waals surface area contributed by atoms with Crippen LogP contribution in [-0.2, 0) is 0 Å². The minimum Gasteiger partial charge on any atom is -0.388 e. The zero-order valence-corrected chi connectivity index (χ0v) is 20.0. The molecule has 0 radical (unpaired) electrons. The van der Waals surface area contributed by atoms with Crippen LogP contribution >= 0.6 is 23.2 Å². The Labute approximate surface area is 197 Å². The van der Waals surface area contributed by atoms with Gasteiger partial charge in [0.2, 0.25) is 0 Å². The monoisotopic (exact) mass is 474 g/mol. The van der Waals surface area contributed by atoms with Crippen molar-refractivity contribution in [2.24, 2.45) is 11.3 Å². The molecule has 1 atom stereocenters. The van der Waals surface area contributed by atoms with E-state index in [1.165, 1.54) is 0 Å². The Hall–Kier alpha value is -2.28. The summed E-state index contributed by atoms with van der Waals surface area (Å²) in [4.78, 5) is 14.6. The predicted octanol–water partition coefficient (Wildman–Crippen LogP) is 6.18. The lowest BCUT2D eigenvalue weighted by Gasteiger charge is -2.43. The van der Waals surface area contributed by atoms with Gasteiger partial charge in [0.15, 0.2) is 0 Å². The zero-order valence-electron chi connectivity index (χ0n) is 18.5. The number of halogens is 2. The average Bonchev–Trinajstić information content (AvgIpc) is 3.20. The van der Waals surface area contributed by atoms with E-state index in [1.807, 2.05) is 36.1 Å². The summed E-state index contributed by atoms with van der Waals surface area (Å²) in [5, 5.41) is 23.4. The molecule has 6 nitrogen and oxygen atoms in total. The molecule has 0 aliphatic carbocycles. The molecular formula is C24H28Cl2N4O2. The summed E-state index contributed by atoms with van der Waals surface area (Å²) in [5.74, 6) is 0.243. The van der Waals surface area contributed by atoms with Gasteiger partial charge in [-0.05, 0) is 67.0 Å². The first-order valence-corrected chi connectivity index (χ1v) is 11.5. The molecule has 0 bridgehead atoms. The van der Waals surface area contributed by atoms with E-state index in [0.29, 0.717) is 28.8 Å². The first kappa shape index (κ1) is 22.9. The maximum atomic E-state index is 12.8. The second-order valence-corrected chi connectivity index (χ2v) is 10.1. The van der Waals surface area contributed by atoms with Crippen LogP contribution in [0.1, 0.15) is 43.9 Å². The van der Waals surface area contributed by atoms with E-state index in [9.17, 15) is 9.90 Å². The van der Waals surface area contributed by atoms with Crippen molar-refractivity contribution in [1.82, 2.24) is 15.1 Å². The zero-order chi connectivity index (χ0) is 23.0. The molecule has 1 unspecified atom stereocenters. The first-order valence-electron chi connectivity index (χ1n) is 10.8. The summed E-state index contributed by atoms with van der Waals surface area (Å²) >= 11 is 12.4. The van der Waals surface area contributed by atoms with Crippen molar-refractivity contribution in [1.29, 1.82) is 0 Å². The number of piperidine rings is 1. The second kappa shape index (κ2) is 8.93. The summed E-state index contributed by atoms with van der Waals surface area (Å²) in [7, 11) is 0. The van der Waals surface area contributed by atoms with E-state index < -0.39 is 11.5 Å². The molecule has 1 aliphatic heterocycles. The molecule has 3 aromatic rings. The summed E-state index contributed by atoms with van der Waals surface area (Å²) < 4.78 is 0. The largest absolute Gasteiger partial charge is 0.388 e. The number of aromatic nitrogens is 2. The van der Waals surface area contributed by atoms with E-state index in [1.54, 1.807) is 12.3 Å². The minimum absolute atomic E-state index is 0.127. The van der Waals surface area contributed by atoms with Crippen LogP contribution in [0.2, 0.25) is 10.0 Å². The second-order valence-electron chi connectivity index (χ2n) is 9.26. The van der Waals surface area contributed by atoms with Crippen molar-refractivity contribution in [2.75, 3.05) is 18.4 Å². The van der Waals surface area contributed by atoms with Crippen molar-refractivity contribution in [3.05, 3.63) is 57.7 Å². The highest BCUT2D eigenvalue weighted by atomic mass is 35.5. The van der Waals surface area contributed by atoms with Crippen LogP contribution in [-0.4, -0.2) is 39.3 Å². The van der Waals surface area contributed by atoms with Crippen LogP contribution < -0.4 is 5.32 Å².